The summed E-state index contributed by atoms with van der Waals surface area (Å²) in [5, 5.41) is 13.4. The van der Waals surface area contributed by atoms with Gasteiger partial charge in [0.1, 0.15) is 0 Å². The smallest absolute Gasteiger partial charge is 0.250 e. The summed E-state index contributed by atoms with van der Waals surface area (Å²) in [5.74, 6) is -0.257. The molecule has 1 rings (SSSR count). The first-order valence-corrected chi connectivity index (χ1v) is 6.28. The van der Waals surface area contributed by atoms with E-state index in [1.54, 1.807) is 19.9 Å². The van der Waals surface area contributed by atoms with Crippen molar-refractivity contribution in [3.63, 3.8) is 0 Å². The first kappa shape index (κ1) is 15.6. The third kappa shape index (κ3) is 4.68. The van der Waals surface area contributed by atoms with Gasteiger partial charge < -0.3 is 5.32 Å². The largest absolute Gasteiger partial charge is 0.322 e. The van der Waals surface area contributed by atoms with Crippen molar-refractivity contribution in [2.75, 3.05) is 5.32 Å². The Morgan fingerprint density at radius 3 is 2.45 bits per heavy atom. The second-order valence-electron chi connectivity index (χ2n) is 4.45. The molecule has 0 fully saturated rings. The number of allylic oxidation sites excluding steroid dienone is 2. The number of nitrogens with zero attached hydrogens (tertiary/aromatic N) is 1. The minimum absolute atomic E-state index is 0.0764. The number of hydrogen-bond acceptors (Lipinski definition) is 3. The average molecular weight is 274 g/mol. The van der Waals surface area contributed by atoms with Crippen molar-refractivity contribution in [3.8, 4) is 0 Å². The van der Waals surface area contributed by atoms with Gasteiger partial charge in [-0.1, -0.05) is 23.8 Å². The van der Waals surface area contributed by atoms with Crippen LogP contribution in [-0.4, -0.2) is 10.8 Å². The van der Waals surface area contributed by atoms with Gasteiger partial charge >= 0.3 is 0 Å². The summed E-state index contributed by atoms with van der Waals surface area (Å²) in [4.78, 5) is 22.1. The van der Waals surface area contributed by atoms with Crippen molar-refractivity contribution in [3.05, 3.63) is 63.4 Å². The van der Waals surface area contributed by atoms with E-state index in [-0.39, 0.29) is 18.0 Å². The van der Waals surface area contributed by atoms with Gasteiger partial charge in [-0.3, -0.25) is 14.9 Å². The monoisotopic (exact) mass is 274 g/mol. The predicted molar refractivity (Wildman–Crippen MR) is 78.9 cm³/mol. The fourth-order valence-corrected chi connectivity index (χ4v) is 1.51. The highest BCUT2D eigenvalue weighted by Gasteiger charge is 2.09. The average Bonchev–Trinajstić information content (AvgIpc) is 2.41. The zero-order valence-corrected chi connectivity index (χ0v) is 11.8. The molecule has 5 nitrogen and oxygen atoms in total. The number of rotatable bonds is 5. The van der Waals surface area contributed by atoms with Gasteiger partial charge in [0.25, 0.3) is 5.91 Å². The van der Waals surface area contributed by atoms with Crippen molar-refractivity contribution < 1.29 is 9.72 Å². The molecule has 0 unspecified atom stereocenters. The van der Waals surface area contributed by atoms with Crippen molar-refractivity contribution in [1.29, 1.82) is 0 Å². The molecular weight excluding hydrogens is 256 g/mol. The third-order valence-corrected chi connectivity index (χ3v) is 2.85. The van der Waals surface area contributed by atoms with Gasteiger partial charge in [0.15, 0.2) is 0 Å². The molecule has 1 aromatic carbocycles. The Hall–Kier alpha value is -2.43. The Bertz CT molecular complexity index is 557. The summed E-state index contributed by atoms with van der Waals surface area (Å²) < 4.78 is 0. The molecule has 20 heavy (non-hydrogen) atoms. The summed E-state index contributed by atoms with van der Waals surface area (Å²) in [6, 6.07) is 7.43. The number of anilines is 1. The number of aryl methyl sites for hydroxylation is 1. The fourth-order valence-electron chi connectivity index (χ4n) is 1.51. The molecule has 0 heterocycles. The molecule has 1 N–H and O–H groups in total. The van der Waals surface area contributed by atoms with Gasteiger partial charge in [0.2, 0.25) is 5.70 Å². The molecule has 1 amide bonds. The minimum atomic E-state index is -0.443. The first-order chi connectivity index (χ1) is 9.43. The lowest BCUT2D eigenvalue weighted by atomic mass is 10.2. The molecule has 106 valence electrons. The lowest BCUT2D eigenvalue weighted by Crippen LogP contribution is -2.12. The van der Waals surface area contributed by atoms with Crippen LogP contribution in [0.25, 0.3) is 0 Å². The van der Waals surface area contributed by atoms with Crippen molar-refractivity contribution in [2.45, 2.75) is 27.2 Å². The van der Waals surface area contributed by atoms with E-state index in [1.165, 1.54) is 6.08 Å². The second kappa shape index (κ2) is 7.23. The van der Waals surface area contributed by atoms with E-state index in [2.05, 4.69) is 5.32 Å². The van der Waals surface area contributed by atoms with Gasteiger partial charge in [-0.05, 0) is 39.0 Å². The standard InChI is InChI=1S/C15H18N2O3/c1-4-14(17(19)20)10-7-12(3)15(18)16-13-8-5-11(2)6-9-13/h4-9H,10H2,1-3H3,(H,16,18)/b12-7+,14-4+. The van der Waals surface area contributed by atoms with Gasteiger partial charge in [-0.25, -0.2) is 0 Å². The highest BCUT2D eigenvalue weighted by molar-refractivity contribution is 6.03. The second-order valence-corrected chi connectivity index (χ2v) is 4.45. The van der Waals surface area contributed by atoms with Crippen LogP contribution < -0.4 is 5.32 Å². The van der Waals surface area contributed by atoms with E-state index in [9.17, 15) is 14.9 Å². The Kier molecular flexibility index (Phi) is 5.65. The van der Waals surface area contributed by atoms with Crippen molar-refractivity contribution in [2.24, 2.45) is 0 Å². The molecule has 0 saturated carbocycles. The fraction of sp³-hybridized carbons (Fsp3) is 0.267. The molecule has 0 radical (unpaired) electrons. The lowest BCUT2D eigenvalue weighted by Gasteiger charge is -2.05. The van der Waals surface area contributed by atoms with Crippen LogP contribution in [0.1, 0.15) is 25.8 Å². The van der Waals surface area contributed by atoms with Crippen LogP contribution in [0.15, 0.2) is 47.7 Å². The maximum Gasteiger partial charge on any atom is 0.250 e. The summed E-state index contributed by atoms with van der Waals surface area (Å²) in [5.41, 5.74) is 2.34. The van der Waals surface area contributed by atoms with Crippen LogP contribution in [0.3, 0.4) is 0 Å². The maximum absolute atomic E-state index is 11.9. The highest BCUT2D eigenvalue weighted by atomic mass is 16.6. The molecule has 0 aliphatic heterocycles. The zero-order chi connectivity index (χ0) is 15.1. The summed E-state index contributed by atoms with van der Waals surface area (Å²) in [6.45, 7) is 5.21. The minimum Gasteiger partial charge on any atom is -0.322 e. The van der Waals surface area contributed by atoms with E-state index in [4.69, 9.17) is 0 Å². The van der Waals surface area contributed by atoms with Gasteiger partial charge in [-0.2, -0.15) is 0 Å². The molecule has 0 saturated heterocycles. The van der Waals surface area contributed by atoms with Crippen LogP contribution >= 0.6 is 0 Å². The normalized spacial score (nSPS) is 12.2. The van der Waals surface area contributed by atoms with E-state index < -0.39 is 4.92 Å². The topological polar surface area (TPSA) is 72.2 Å². The van der Waals surface area contributed by atoms with Crippen LogP contribution in [0.5, 0.6) is 0 Å². The van der Waals surface area contributed by atoms with Gasteiger partial charge in [0.05, 0.1) is 11.3 Å². The number of amides is 1. The molecule has 0 bridgehead atoms. The van der Waals surface area contributed by atoms with Gasteiger partial charge in [0, 0.05) is 11.3 Å². The highest BCUT2D eigenvalue weighted by Crippen LogP contribution is 2.11. The molecule has 1 aromatic rings. The molecule has 0 aliphatic carbocycles. The predicted octanol–water partition coefficient (Wildman–Crippen LogP) is 3.45. The SMILES string of the molecule is C/C=C(\C/C=C(\C)C(=O)Nc1ccc(C)cc1)[N+](=O)[O-]. The summed E-state index contributed by atoms with van der Waals surface area (Å²) in [7, 11) is 0. The van der Waals surface area contributed by atoms with E-state index >= 15 is 0 Å². The molecule has 0 spiro atoms. The van der Waals surface area contributed by atoms with Crippen LogP contribution in [0.2, 0.25) is 0 Å². The third-order valence-electron chi connectivity index (χ3n) is 2.85. The Labute approximate surface area is 118 Å². The molecule has 0 atom stereocenters. The number of carbonyl (C=O) groups excluding carboxylic acids is 1. The number of carbonyl (C=O) groups is 1. The molecular formula is C15H18N2O3. The van der Waals surface area contributed by atoms with Crippen LogP contribution in [0.4, 0.5) is 5.69 Å². The Balaban J connectivity index is 2.67. The maximum atomic E-state index is 11.9. The van der Waals surface area contributed by atoms with Gasteiger partial charge in [-0.15, -0.1) is 0 Å². The number of hydrogen-bond donors (Lipinski definition) is 1. The summed E-state index contributed by atoms with van der Waals surface area (Å²) in [6.07, 6.45) is 3.12. The molecule has 0 aliphatic rings. The molecule has 5 heteroatoms. The van der Waals surface area contributed by atoms with E-state index in [0.717, 1.165) is 5.56 Å². The quantitative estimate of drug-likeness (QED) is 0.507. The first-order valence-electron chi connectivity index (χ1n) is 6.28. The number of nitrogens with one attached hydrogen (secondary N) is 1. The lowest BCUT2D eigenvalue weighted by molar-refractivity contribution is -0.426. The Morgan fingerprint density at radius 2 is 1.95 bits per heavy atom. The summed E-state index contributed by atoms with van der Waals surface area (Å²) >= 11 is 0. The molecule has 0 aromatic heterocycles. The number of nitro groups is 1. The Morgan fingerprint density at radius 1 is 1.35 bits per heavy atom. The van der Waals surface area contributed by atoms with Crippen LogP contribution in [0, 0.1) is 17.0 Å². The van der Waals surface area contributed by atoms with E-state index in [0.29, 0.717) is 11.3 Å². The zero-order valence-electron chi connectivity index (χ0n) is 11.8. The van der Waals surface area contributed by atoms with Crippen LogP contribution in [-0.2, 0) is 4.79 Å². The van der Waals surface area contributed by atoms with Crippen molar-refractivity contribution >= 4 is 11.6 Å². The van der Waals surface area contributed by atoms with Crippen molar-refractivity contribution in [1.82, 2.24) is 0 Å². The number of benzene rings is 1. The van der Waals surface area contributed by atoms with E-state index in [1.807, 2.05) is 31.2 Å².